The number of hydrogen-bond donors (Lipinski definition) is 1. The number of halogens is 2. The molecule has 8 heteroatoms. The second-order valence-corrected chi connectivity index (χ2v) is 7.97. The van der Waals surface area contributed by atoms with Crippen molar-refractivity contribution in [1.29, 1.82) is 0 Å². The van der Waals surface area contributed by atoms with E-state index in [1.165, 1.54) is 12.8 Å². The zero-order valence-corrected chi connectivity index (χ0v) is 19.4. The average molecular weight is 522 g/mol. The molecule has 156 valence electrons. The smallest absolute Gasteiger partial charge is 0.193 e. The Kier molecular flexibility index (Phi) is 7.55. The average Bonchev–Trinajstić information content (AvgIpc) is 3.31. The lowest BCUT2D eigenvalue weighted by Gasteiger charge is -2.25. The monoisotopic (exact) mass is 521 g/mol. The highest BCUT2D eigenvalue weighted by Crippen LogP contribution is 2.39. The van der Waals surface area contributed by atoms with Crippen molar-refractivity contribution >= 4 is 41.5 Å². The Labute approximate surface area is 189 Å². The zero-order chi connectivity index (χ0) is 18.7. The molecular weight excluding hydrogens is 493 g/mol. The molecule has 0 aliphatic carbocycles. The number of fused-ring (bicyclic) bond motifs is 1. The summed E-state index contributed by atoms with van der Waals surface area (Å²) in [6.45, 7) is 8.67. The van der Waals surface area contributed by atoms with E-state index in [-0.39, 0.29) is 24.0 Å². The Morgan fingerprint density at radius 2 is 2.11 bits per heavy atom. The van der Waals surface area contributed by atoms with Crippen molar-refractivity contribution in [3.8, 4) is 11.5 Å². The molecule has 1 aromatic carbocycles. The lowest BCUT2D eigenvalue weighted by atomic mass is 9.87. The summed E-state index contributed by atoms with van der Waals surface area (Å²) in [5.74, 6) is 2.40. The topological polar surface area (TPSA) is 55.3 Å². The molecule has 1 spiro atoms. The molecule has 0 aromatic heterocycles. The Hall–Kier alpha value is -0.930. The molecule has 3 heterocycles. The van der Waals surface area contributed by atoms with Gasteiger partial charge in [-0.25, -0.2) is 0 Å². The van der Waals surface area contributed by atoms with E-state index in [4.69, 9.17) is 30.8 Å². The van der Waals surface area contributed by atoms with Crippen LogP contribution in [0, 0.1) is 5.41 Å². The minimum absolute atomic E-state index is 0. The summed E-state index contributed by atoms with van der Waals surface area (Å²) < 4.78 is 16.9. The predicted molar refractivity (Wildman–Crippen MR) is 122 cm³/mol. The highest BCUT2D eigenvalue weighted by molar-refractivity contribution is 14.0. The first-order chi connectivity index (χ1) is 13.2. The maximum absolute atomic E-state index is 6.34. The lowest BCUT2D eigenvalue weighted by molar-refractivity contribution is 0.156. The van der Waals surface area contributed by atoms with E-state index >= 15 is 0 Å². The lowest BCUT2D eigenvalue weighted by Crippen LogP contribution is -2.41. The van der Waals surface area contributed by atoms with Crippen LogP contribution in [-0.2, 0) is 11.2 Å². The summed E-state index contributed by atoms with van der Waals surface area (Å²) in [7, 11) is 0. The van der Waals surface area contributed by atoms with Crippen LogP contribution in [-0.4, -0.2) is 63.5 Å². The minimum Gasteiger partial charge on any atom is -0.486 e. The van der Waals surface area contributed by atoms with Gasteiger partial charge in [0, 0.05) is 38.2 Å². The number of aliphatic imine (C=N–C) groups is 1. The van der Waals surface area contributed by atoms with Crippen molar-refractivity contribution in [1.82, 2.24) is 10.2 Å². The van der Waals surface area contributed by atoms with Crippen LogP contribution in [0.5, 0.6) is 11.5 Å². The van der Waals surface area contributed by atoms with Crippen LogP contribution in [0.15, 0.2) is 17.1 Å². The molecule has 0 bridgehead atoms. The van der Waals surface area contributed by atoms with Crippen molar-refractivity contribution < 1.29 is 14.2 Å². The number of ether oxygens (including phenoxy) is 3. The number of hydrogen-bond acceptors (Lipinski definition) is 4. The minimum atomic E-state index is 0. The normalized spacial score (nSPS) is 23.8. The fraction of sp³-hybridized carbons (Fsp3) is 0.650. The Morgan fingerprint density at radius 3 is 2.89 bits per heavy atom. The Balaban J connectivity index is 0.00000225. The van der Waals surface area contributed by atoms with Gasteiger partial charge in [0.1, 0.15) is 13.2 Å². The van der Waals surface area contributed by atoms with E-state index in [0.717, 1.165) is 56.5 Å². The first kappa shape index (κ1) is 21.8. The van der Waals surface area contributed by atoms with Crippen LogP contribution >= 0.6 is 35.6 Å². The fourth-order valence-corrected chi connectivity index (χ4v) is 4.40. The number of benzene rings is 1. The predicted octanol–water partition coefficient (Wildman–Crippen LogP) is 3.35. The number of rotatable bonds is 4. The molecule has 28 heavy (non-hydrogen) atoms. The van der Waals surface area contributed by atoms with Crippen molar-refractivity contribution in [2.75, 3.05) is 52.6 Å². The van der Waals surface area contributed by atoms with Gasteiger partial charge in [0.05, 0.1) is 11.6 Å². The molecule has 0 saturated carbocycles. The molecule has 0 amide bonds. The molecule has 2 saturated heterocycles. The van der Waals surface area contributed by atoms with E-state index in [0.29, 0.717) is 35.9 Å². The first-order valence-corrected chi connectivity index (χ1v) is 10.3. The van der Waals surface area contributed by atoms with Crippen molar-refractivity contribution in [3.05, 3.63) is 22.7 Å². The van der Waals surface area contributed by atoms with Crippen molar-refractivity contribution in [2.45, 2.75) is 26.2 Å². The quantitative estimate of drug-likeness (QED) is 0.374. The van der Waals surface area contributed by atoms with Gasteiger partial charge < -0.3 is 24.4 Å². The zero-order valence-electron chi connectivity index (χ0n) is 16.3. The molecule has 2 fully saturated rings. The highest BCUT2D eigenvalue weighted by Gasteiger charge is 2.42. The number of guanidine groups is 1. The SMILES string of the molecule is CCNC(=NCCc1cc(Cl)c2c(c1)OCCO2)N1CCC2(CCOC2)C1.I. The third kappa shape index (κ3) is 4.79. The van der Waals surface area contributed by atoms with Gasteiger partial charge in [0.25, 0.3) is 0 Å². The molecule has 4 rings (SSSR count). The van der Waals surface area contributed by atoms with E-state index in [9.17, 15) is 0 Å². The van der Waals surface area contributed by atoms with Gasteiger partial charge in [-0.1, -0.05) is 11.6 Å². The maximum Gasteiger partial charge on any atom is 0.193 e. The van der Waals surface area contributed by atoms with Crippen LogP contribution in [0.25, 0.3) is 0 Å². The van der Waals surface area contributed by atoms with Crippen LogP contribution < -0.4 is 14.8 Å². The van der Waals surface area contributed by atoms with Gasteiger partial charge in [0.2, 0.25) is 0 Å². The second kappa shape index (κ2) is 9.71. The first-order valence-electron chi connectivity index (χ1n) is 9.88. The Bertz CT molecular complexity index is 710. The molecular formula is C20H29ClIN3O3. The third-order valence-electron chi connectivity index (χ3n) is 5.58. The molecule has 3 aliphatic rings. The molecule has 1 atom stereocenters. The number of likely N-dealkylation sites (tertiary alicyclic amines) is 1. The summed E-state index contributed by atoms with van der Waals surface area (Å²) in [5, 5.41) is 4.05. The molecule has 1 unspecified atom stereocenters. The van der Waals surface area contributed by atoms with Crippen LogP contribution in [0.4, 0.5) is 0 Å². The van der Waals surface area contributed by atoms with Crippen LogP contribution in [0.1, 0.15) is 25.3 Å². The van der Waals surface area contributed by atoms with Gasteiger partial charge in [-0.2, -0.15) is 0 Å². The fourth-order valence-electron chi connectivity index (χ4n) is 4.11. The van der Waals surface area contributed by atoms with Gasteiger partial charge in [-0.15, -0.1) is 24.0 Å². The van der Waals surface area contributed by atoms with Crippen molar-refractivity contribution in [2.24, 2.45) is 10.4 Å². The van der Waals surface area contributed by atoms with Gasteiger partial charge >= 0.3 is 0 Å². The molecule has 0 radical (unpaired) electrons. The third-order valence-corrected chi connectivity index (χ3v) is 5.86. The Morgan fingerprint density at radius 1 is 1.25 bits per heavy atom. The van der Waals surface area contributed by atoms with E-state index in [2.05, 4.69) is 17.1 Å². The molecule has 3 aliphatic heterocycles. The van der Waals surface area contributed by atoms with E-state index < -0.39 is 0 Å². The van der Waals surface area contributed by atoms with Gasteiger partial charge in [0.15, 0.2) is 17.5 Å². The van der Waals surface area contributed by atoms with E-state index in [1.54, 1.807) is 0 Å². The molecule has 1 aromatic rings. The number of nitrogens with zero attached hydrogens (tertiary/aromatic N) is 2. The van der Waals surface area contributed by atoms with Crippen LogP contribution in [0.2, 0.25) is 5.02 Å². The van der Waals surface area contributed by atoms with E-state index in [1.807, 2.05) is 12.1 Å². The summed E-state index contributed by atoms with van der Waals surface area (Å²) in [5.41, 5.74) is 1.45. The summed E-state index contributed by atoms with van der Waals surface area (Å²) >= 11 is 6.34. The molecule has 6 nitrogen and oxygen atoms in total. The highest BCUT2D eigenvalue weighted by atomic mass is 127. The molecule has 1 N–H and O–H groups in total. The van der Waals surface area contributed by atoms with Crippen LogP contribution in [0.3, 0.4) is 0 Å². The standard InChI is InChI=1S/C20H28ClN3O3.HI/c1-2-22-19(24-7-4-20(13-24)5-8-25-14-20)23-6-3-15-11-16(21)18-17(12-15)26-9-10-27-18;/h11-12H,2-10,13-14H2,1H3,(H,22,23);1H. The van der Waals surface area contributed by atoms with Gasteiger partial charge in [-0.05, 0) is 43.9 Å². The second-order valence-electron chi connectivity index (χ2n) is 7.56. The van der Waals surface area contributed by atoms with Crippen molar-refractivity contribution in [3.63, 3.8) is 0 Å². The van der Waals surface area contributed by atoms with Gasteiger partial charge in [-0.3, -0.25) is 4.99 Å². The summed E-state index contributed by atoms with van der Waals surface area (Å²) in [4.78, 5) is 7.25. The largest absolute Gasteiger partial charge is 0.486 e. The summed E-state index contributed by atoms with van der Waals surface area (Å²) in [6.07, 6.45) is 3.17. The number of nitrogens with one attached hydrogen (secondary N) is 1. The summed E-state index contributed by atoms with van der Waals surface area (Å²) in [6, 6.07) is 3.97. The maximum atomic E-state index is 6.34.